The van der Waals surface area contributed by atoms with Crippen LogP contribution in [-0.2, 0) is 6.42 Å². The molecule has 0 saturated heterocycles. The van der Waals surface area contributed by atoms with Crippen LogP contribution in [0.4, 0.5) is 0 Å². The minimum atomic E-state index is 0.879. The third-order valence-electron chi connectivity index (χ3n) is 1.83. The normalized spacial score (nSPS) is 10.2. The van der Waals surface area contributed by atoms with Crippen molar-refractivity contribution in [2.24, 2.45) is 0 Å². The summed E-state index contributed by atoms with van der Waals surface area (Å²) in [6.07, 6.45) is 3.26. The fourth-order valence-electron chi connectivity index (χ4n) is 1.08. The average molecular weight is 230 g/mol. The zero-order valence-electron chi connectivity index (χ0n) is 8.64. The molecule has 0 bridgehead atoms. The molecule has 3 heteroatoms. The summed E-state index contributed by atoms with van der Waals surface area (Å²) in [7, 11) is 0. The molecule has 1 nitrogen and oxygen atoms in total. The van der Waals surface area contributed by atoms with Gasteiger partial charge in [0.15, 0.2) is 0 Å². The van der Waals surface area contributed by atoms with Crippen LogP contribution in [0.1, 0.15) is 18.7 Å². The van der Waals surface area contributed by atoms with E-state index in [0.717, 1.165) is 23.8 Å². The van der Waals surface area contributed by atoms with E-state index >= 15 is 0 Å². The Labute approximate surface area is 94.8 Å². The molecule has 0 unspecified atom stereocenters. The minimum Gasteiger partial charge on any atom is -0.313 e. The van der Waals surface area contributed by atoms with E-state index in [0.29, 0.717) is 0 Å². The zero-order chi connectivity index (χ0) is 10.4. The fraction of sp³-hybridized carbons (Fsp3) is 0.455. The van der Waals surface area contributed by atoms with E-state index in [1.807, 2.05) is 6.07 Å². The first-order chi connectivity index (χ1) is 6.68. The Hall–Kier alpha value is -0.310. The number of rotatable bonds is 5. The molecule has 0 spiro atoms. The minimum absolute atomic E-state index is 0.879. The van der Waals surface area contributed by atoms with Crippen molar-refractivity contribution in [3.05, 3.63) is 33.0 Å². The Morgan fingerprint density at radius 1 is 1.50 bits per heavy atom. The summed E-state index contributed by atoms with van der Waals surface area (Å²) in [5.74, 6) is 0. The van der Waals surface area contributed by atoms with Gasteiger partial charge in [-0.25, -0.2) is 0 Å². The highest BCUT2D eigenvalue weighted by Crippen LogP contribution is 2.21. The Kier molecular flexibility index (Phi) is 5.23. The second-order valence-corrected chi connectivity index (χ2v) is 5.24. The van der Waals surface area contributed by atoms with Crippen molar-refractivity contribution in [1.82, 2.24) is 5.32 Å². The number of thiophene rings is 1. The van der Waals surface area contributed by atoms with Crippen LogP contribution in [-0.4, -0.2) is 13.1 Å². The first-order valence-electron chi connectivity index (χ1n) is 4.77. The summed E-state index contributed by atoms with van der Waals surface area (Å²) in [5.41, 5.74) is 1.36. The third kappa shape index (κ3) is 4.80. The molecule has 0 aliphatic carbocycles. The molecule has 0 radical (unpaired) electrons. The molecule has 1 N–H and O–H groups in total. The molecule has 0 saturated carbocycles. The van der Waals surface area contributed by atoms with E-state index in [4.69, 9.17) is 11.6 Å². The lowest BCUT2D eigenvalue weighted by Gasteiger charge is -1.99. The summed E-state index contributed by atoms with van der Waals surface area (Å²) in [6, 6.07) is 4.05. The lowest BCUT2D eigenvalue weighted by atomic mass is 10.3. The number of halogens is 1. The van der Waals surface area contributed by atoms with E-state index in [9.17, 15) is 0 Å². The van der Waals surface area contributed by atoms with Crippen LogP contribution in [0.25, 0.3) is 0 Å². The standard InChI is InChI=1S/C11H16ClNS/c1-9(2)5-7-13-8-6-10-3-4-11(12)14-10/h3-5,13H,6-8H2,1-2H3. The quantitative estimate of drug-likeness (QED) is 0.602. The number of hydrogen-bond donors (Lipinski definition) is 1. The van der Waals surface area contributed by atoms with Crippen LogP contribution in [0.5, 0.6) is 0 Å². The Morgan fingerprint density at radius 3 is 2.86 bits per heavy atom. The molecular weight excluding hydrogens is 214 g/mol. The second kappa shape index (κ2) is 6.23. The monoisotopic (exact) mass is 229 g/mol. The largest absolute Gasteiger partial charge is 0.313 e. The predicted octanol–water partition coefficient (Wildman–Crippen LogP) is 3.50. The van der Waals surface area contributed by atoms with Crippen LogP contribution in [0, 0.1) is 0 Å². The molecule has 1 rings (SSSR count). The summed E-state index contributed by atoms with van der Waals surface area (Å²) >= 11 is 7.49. The first-order valence-corrected chi connectivity index (χ1v) is 5.96. The molecule has 78 valence electrons. The lowest BCUT2D eigenvalue weighted by molar-refractivity contribution is 0.747. The van der Waals surface area contributed by atoms with Gasteiger partial charge in [0.1, 0.15) is 0 Å². The summed E-state index contributed by atoms with van der Waals surface area (Å²) in [6.45, 7) is 6.20. The molecule has 14 heavy (non-hydrogen) atoms. The van der Waals surface area contributed by atoms with Crippen molar-refractivity contribution in [1.29, 1.82) is 0 Å². The van der Waals surface area contributed by atoms with Gasteiger partial charge in [0.2, 0.25) is 0 Å². The Balaban J connectivity index is 2.13. The third-order valence-corrected chi connectivity index (χ3v) is 3.12. The predicted molar refractivity (Wildman–Crippen MR) is 65.3 cm³/mol. The SMILES string of the molecule is CC(C)=CCNCCc1ccc(Cl)s1. The van der Waals surface area contributed by atoms with Crippen molar-refractivity contribution in [2.75, 3.05) is 13.1 Å². The maximum Gasteiger partial charge on any atom is 0.0931 e. The summed E-state index contributed by atoms with van der Waals surface area (Å²) in [4.78, 5) is 1.35. The van der Waals surface area contributed by atoms with Gasteiger partial charge >= 0.3 is 0 Å². The van der Waals surface area contributed by atoms with Gasteiger partial charge in [-0.15, -0.1) is 11.3 Å². The van der Waals surface area contributed by atoms with E-state index in [1.165, 1.54) is 10.5 Å². The van der Waals surface area contributed by atoms with Crippen LogP contribution in [0.2, 0.25) is 4.34 Å². The van der Waals surface area contributed by atoms with Gasteiger partial charge in [-0.1, -0.05) is 23.3 Å². The van der Waals surface area contributed by atoms with Gasteiger partial charge in [0, 0.05) is 18.0 Å². The molecule has 0 aliphatic heterocycles. The van der Waals surface area contributed by atoms with Gasteiger partial charge in [-0.05, 0) is 32.4 Å². The van der Waals surface area contributed by atoms with Crippen molar-refractivity contribution < 1.29 is 0 Å². The van der Waals surface area contributed by atoms with Crippen molar-refractivity contribution in [3.8, 4) is 0 Å². The highest BCUT2D eigenvalue weighted by atomic mass is 35.5. The second-order valence-electron chi connectivity index (χ2n) is 3.44. The van der Waals surface area contributed by atoms with Crippen LogP contribution in [0.15, 0.2) is 23.8 Å². The van der Waals surface area contributed by atoms with Gasteiger partial charge in [0.25, 0.3) is 0 Å². The molecule has 0 amide bonds. The summed E-state index contributed by atoms with van der Waals surface area (Å²) < 4.78 is 0.879. The van der Waals surface area contributed by atoms with Crippen LogP contribution in [0.3, 0.4) is 0 Å². The average Bonchev–Trinajstić information content (AvgIpc) is 2.50. The zero-order valence-corrected chi connectivity index (χ0v) is 10.2. The molecular formula is C11H16ClNS. The van der Waals surface area contributed by atoms with Crippen LogP contribution < -0.4 is 5.32 Å². The van der Waals surface area contributed by atoms with E-state index in [2.05, 4.69) is 31.3 Å². The van der Waals surface area contributed by atoms with Crippen molar-refractivity contribution >= 4 is 22.9 Å². The molecule has 0 aromatic carbocycles. The van der Waals surface area contributed by atoms with Crippen molar-refractivity contribution in [3.63, 3.8) is 0 Å². The molecule has 0 aliphatic rings. The smallest absolute Gasteiger partial charge is 0.0931 e. The Morgan fingerprint density at radius 2 is 2.29 bits per heavy atom. The summed E-state index contributed by atoms with van der Waals surface area (Å²) in [5, 5.41) is 3.36. The maximum atomic E-state index is 5.83. The topological polar surface area (TPSA) is 12.0 Å². The number of nitrogens with one attached hydrogen (secondary N) is 1. The maximum absolute atomic E-state index is 5.83. The lowest BCUT2D eigenvalue weighted by Crippen LogP contribution is -2.16. The van der Waals surface area contributed by atoms with E-state index in [-0.39, 0.29) is 0 Å². The molecule has 1 heterocycles. The van der Waals surface area contributed by atoms with E-state index < -0.39 is 0 Å². The van der Waals surface area contributed by atoms with Crippen LogP contribution >= 0.6 is 22.9 Å². The molecule has 0 atom stereocenters. The fourth-order valence-corrected chi connectivity index (χ4v) is 2.16. The number of hydrogen-bond acceptors (Lipinski definition) is 2. The highest BCUT2D eigenvalue weighted by Gasteiger charge is 1.96. The first kappa shape index (κ1) is 11.8. The van der Waals surface area contributed by atoms with Crippen molar-refractivity contribution in [2.45, 2.75) is 20.3 Å². The van der Waals surface area contributed by atoms with E-state index in [1.54, 1.807) is 11.3 Å². The molecule has 1 aromatic heterocycles. The van der Waals surface area contributed by atoms with Gasteiger partial charge in [0.05, 0.1) is 4.34 Å². The molecule has 1 aromatic rings. The highest BCUT2D eigenvalue weighted by molar-refractivity contribution is 7.16. The van der Waals surface area contributed by atoms with Gasteiger partial charge in [-0.2, -0.15) is 0 Å². The van der Waals surface area contributed by atoms with Gasteiger partial charge in [-0.3, -0.25) is 0 Å². The van der Waals surface area contributed by atoms with Gasteiger partial charge < -0.3 is 5.32 Å². The Bertz CT molecular complexity index is 300. The number of allylic oxidation sites excluding steroid dienone is 1. The molecule has 0 fully saturated rings.